The molecule has 4 aromatic rings. The SMILES string of the molecule is O=C(Nc1cccc(NC(=O)c2cncn2-c2ccc(F)cc2)c1)c1ccco1. The monoisotopic (exact) mass is 390 g/mol. The Morgan fingerprint density at radius 1 is 0.931 bits per heavy atom. The Hall–Kier alpha value is -4.20. The summed E-state index contributed by atoms with van der Waals surface area (Å²) < 4.78 is 19.8. The number of nitrogens with zero attached hydrogens (tertiary/aromatic N) is 2. The maximum atomic E-state index is 13.2. The van der Waals surface area contributed by atoms with Crippen LogP contribution in [0, 0.1) is 5.82 Å². The van der Waals surface area contributed by atoms with E-state index >= 15 is 0 Å². The third-order valence-corrected chi connectivity index (χ3v) is 4.10. The van der Waals surface area contributed by atoms with Crippen LogP contribution in [0.5, 0.6) is 0 Å². The minimum Gasteiger partial charge on any atom is -0.459 e. The van der Waals surface area contributed by atoms with Crippen molar-refractivity contribution in [2.45, 2.75) is 0 Å². The predicted octanol–water partition coefficient (Wildman–Crippen LogP) is 4.11. The zero-order chi connectivity index (χ0) is 20.2. The van der Waals surface area contributed by atoms with E-state index in [0.29, 0.717) is 17.1 Å². The van der Waals surface area contributed by atoms with Gasteiger partial charge in [0.25, 0.3) is 11.8 Å². The molecule has 0 saturated heterocycles. The summed E-state index contributed by atoms with van der Waals surface area (Å²) in [6.07, 6.45) is 4.30. The van der Waals surface area contributed by atoms with Crippen molar-refractivity contribution in [3.05, 3.63) is 96.7 Å². The average molecular weight is 390 g/mol. The number of benzene rings is 2. The molecule has 144 valence electrons. The van der Waals surface area contributed by atoms with Crippen LogP contribution < -0.4 is 10.6 Å². The van der Waals surface area contributed by atoms with Crippen molar-refractivity contribution in [2.24, 2.45) is 0 Å². The number of rotatable bonds is 5. The molecule has 0 aliphatic carbocycles. The summed E-state index contributed by atoms with van der Waals surface area (Å²) >= 11 is 0. The second-order valence-electron chi connectivity index (χ2n) is 6.09. The summed E-state index contributed by atoms with van der Waals surface area (Å²) in [5.74, 6) is -0.981. The lowest BCUT2D eigenvalue weighted by molar-refractivity contribution is 0.0994. The van der Waals surface area contributed by atoms with Gasteiger partial charge in [-0.05, 0) is 54.6 Å². The summed E-state index contributed by atoms with van der Waals surface area (Å²) in [5, 5.41) is 5.46. The summed E-state index contributed by atoms with van der Waals surface area (Å²) in [4.78, 5) is 28.8. The number of nitrogens with one attached hydrogen (secondary N) is 2. The van der Waals surface area contributed by atoms with Crippen molar-refractivity contribution in [3.63, 3.8) is 0 Å². The topological polar surface area (TPSA) is 89.2 Å². The molecule has 0 saturated carbocycles. The van der Waals surface area contributed by atoms with Crippen molar-refractivity contribution in [3.8, 4) is 5.69 Å². The lowest BCUT2D eigenvalue weighted by Crippen LogP contribution is -2.16. The van der Waals surface area contributed by atoms with Gasteiger partial charge in [-0.25, -0.2) is 9.37 Å². The molecule has 4 rings (SSSR count). The first-order valence-electron chi connectivity index (χ1n) is 8.65. The maximum Gasteiger partial charge on any atom is 0.291 e. The quantitative estimate of drug-likeness (QED) is 0.537. The van der Waals surface area contributed by atoms with Crippen LogP contribution in [-0.4, -0.2) is 21.4 Å². The van der Waals surface area contributed by atoms with Crippen LogP contribution in [0.2, 0.25) is 0 Å². The van der Waals surface area contributed by atoms with E-state index in [2.05, 4.69) is 15.6 Å². The van der Waals surface area contributed by atoms with Crippen LogP contribution in [0.1, 0.15) is 21.0 Å². The molecule has 0 aliphatic rings. The Morgan fingerprint density at radius 3 is 2.34 bits per heavy atom. The van der Waals surface area contributed by atoms with E-state index in [1.54, 1.807) is 53.1 Å². The van der Waals surface area contributed by atoms with Crippen LogP contribution in [-0.2, 0) is 0 Å². The average Bonchev–Trinajstić information content (AvgIpc) is 3.41. The molecule has 8 heteroatoms. The largest absolute Gasteiger partial charge is 0.459 e. The fourth-order valence-corrected chi connectivity index (χ4v) is 2.74. The Kier molecular flexibility index (Phi) is 4.90. The van der Waals surface area contributed by atoms with Crippen molar-refractivity contribution in [2.75, 3.05) is 10.6 Å². The van der Waals surface area contributed by atoms with Gasteiger partial charge < -0.3 is 15.1 Å². The standard InChI is InChI=1S/C21H15FN4O3/c22-14-6-8-17(9-7-14)26-13-23-12-18(26)20(27)24-15-3-1-4-16(11-15)25-21(28)19-5-2-10-29-19/h1-13H,(H,24,27)(H,25,28). The number of anilines is 2. The molecule has 7 nitrogen and oxygen atoms in total. The highest BCUT2D eigenvalue weighted by Crippen LogP contribution is 2.18. The molecule has 2 heterocycles. The minimum atomic E-state index is -0.402. The highest BCUT2D eigenvalue weighted by molar-refractivity contribution is 6.05. The van der Waals surface area contributed by atoms with Gasteiger partial charge in [-0.2, -0.15) is 0 Å². The van der Waals surface area contributed by atoms with Gasteiger partial charge >= 0.3 is 0 Å². The number of furan rings is 1. The molecule has 2 aromatic carbocycles. The first kappa shape index (κ1) is 18.2. The molecule has 0 bridgehead atoms. The molecule has 0 unspecified atom stereocenters. The van der Waals surface area contributed by atoms with Gasteiger partial charge in [0.2, 0.25) is 0 Å². The third kappa shape index (κ3) is 4.06. The Balaban J connectivity index is 1.50. The van der Waals surface area contributed by atoms with Crippen LogP contribution in [0.25, 0.3) is 5.69 Å². The molecule has 0 atom stereocenters. The van der Waals surface area contributed by atoms with Crippen LogP contribution in [0.15, 0.2) is 83.9 Å². The lowest BCUT2D eigenvalue weighted by Gasteiger charge is -2.10. The number of aromatic nitrogens is 2. The number of imidazole rings is 1. The van der Waals surface area contributed by atoms with E-state index in [4.69, 9.17) is 4.42 Å². The number of amides is 2. The summed E-state index contributed by atoms with van der Waals surface area (Å²) in [5.41, 5.74) is 1.87. The second kappa shape index (κ2) is 7.81. The number of carbonyl (C=O) groups excluding carboxylic acids is 2. The minimum absolute atomic E-state index is 0.183. The highest BCUT2D eigenvalue weighted by atomic mass is 19.1. The fraction of sp³-hybridized carbons (Fsp3) is 0. The van der Waals surface area contributed by atoms with Crippen molar-refractivity contribution in [1.29, 1.82) is 0 Å². The fourth-order valence-electron chi connectivity index (χ4n) is 2.74. The number of carbonyl (C=O) groups is 2. The molecule has 2 aromatic heterocycles. The number of hydrogen-bond donors (Lipinski definition) is 2. The highest BCUT2D eigenvalue weighted by Gasteiger charge is 2.14. The smallest absolute Gasteiger partial charge is 0.291 e. The Bertz CT molecular complexity index is 1150. The van der Waals surface area contributed by atoms with Crippen LogP contribution in [0.3, 0.4) is 0 Å². The van der Waals surface area contributed by atoms with Gasteiger partial charge in [-0.3, -0.25) is 14.2 Å². The van der Waals surface area contributed by atoms with Crippen molar-refractivity contribution >= 4 is 23.2 Å². The lowest BCUT2D eigenvalue weighted by atomic mass is 10.2. The van der Waals surface area contributed by atoms with Gasteiger partial charge in [0.1, 0.15) is 11.5 Å². The van der Waals surface area contributed by atoms with E-state index in [9.17, 15) is 14.0 Å². The summed E-state index contributed by atoms with van der Waals surface area (Å²) in [6, 6.07) is 15.6. The first-order valence-corrected chi connectivity index (χ1v) is 8.65. The Labute approximate surface area is 164 Å². The zero-order valence-electron chi connectivity index (χ0n) is 15.0. The number of hydrogen-bond acceptors (Lipinski definition) is 4. The normalized spacial score (nSPS) is 10.5. The van der Waals surface area contributed by atoms with Gasteiger partial charge in [0.05, 0.1) is 18.8 Å². The van der Waals surface area contributed by atoms with E-state index in [-0.39, 0.29) is 17.3 Å². The van der Waals surface area contributed by atoms with Gasteiger partial charge in [-0.1, -0.05) is 6.07 Å². The molecule has 0 aliphatic heterocycles. The van der Waals surface area contributed by atoms with E-state index in [0.717, 1.165) is 0 Å². The third-order valence-electron chi connectivity index (χ3n) is 4.10. The zero-order valence-corrected chi connectivity index (χ0v) is 15.0. The van der Waals surface area contributed by atoms with Gasteiger partial charge in [-0.15, -0.1) is 0 Å². The molecule has 0 fully saturated rings. The van der Waals surface area contributed by atoms with Crippen molar-refractivity contribution in [1.82, 2.24) is 9.55 Å². The van der Waals surface area contributed by atoms with E-state index < -0.39 is 11.8 Å². The van der Waals surface area contributed by atoms with Crippen LogP contribution >= 0.6 is 0 Å². The molecule has 0 spiro atoms. The van der Waals surface area contributed by atoms with Gasteiger partial charge in [0.15, 0.2) is 5.76 Å². The molecule has 0 radical (unpaired) electrons. The molecular weight excluding hydrogens is 375 g/mol. The maximum absolute atomic E-state index is 13.2. The van der Waals surface area contributed by atoms with Crippen LogP contribution in [0.4, 0.5) is 15.8 Å². The van der Waals surface area contributed by atoms with Crippen molar-refractivity contribution < 1.29 is 18.4 Å². The first-order chi connectivity index (χ1) is 14.1. The molecule has 2 N–H and O–H groups in total. The number of halogens is 1. The molecular formula is C21H15FN4O3. The molecule has 29 heavy (non-hydrogen) atoms. The second-order valence-corrected chi connectivity index (χ2v) is 6.09. The van der Waals surface area contributed by atoms with E-state index in [1.165, 1.54) is 30.9 Å². The summed E-state index contributed by atoms with van der Waals surface area (Å²) in [6.45, 7) is 0. The molecule has 2 amide bonds. The van der Waals surface area contributed by atoms with Gasteiger partial charge in [0, 0.05) is 17.1 Å². The summed E-state index contributed by atoms with van der Waals surface area (Å²) in [7, 11) is 0. The predicted molar refractivity (Wildman–Crippen MR) is 105 cm³/mol. The van der Waals surface area contributed by atoms with E-state index in [1.807, 2.05) is 0 Å². The Morgan fingerprint density at radius 2 is 1.66 bits per heavy atom.